The third-order valence-corrected chi connectivity index (χ3v) is 3.23. The van der Waals surface area contributed by atoms with Gasteiger partial charge in [0, 0.05) is 16.6 Å². The molecule has 0 aliphatic rings. The van der Waals surface area contributed by atoms with Crippen LogP contribution in [-0.4, -0.2) is 6.54 Å². The maximum absolute atomic E-state index is 13.8. The van der Waals surface area contributed by atoms with Crippen molar-refractivity contribution in [2.45, 2.75) is 13.5 Å². The summed E-state index contributed by atoms with van der Waals surface area (Å²) in [6.07, 6.45) is 0. The number of nitrogens with one attached hydrogen (secondary N) is 1. The van der Waals surface area contributed by atoms with Crippen molar-refractivity contribution >= 4 is 15.9 Å². The number of rotatable bonds is 5. The van der Waals surface area contributed by atoms with E-state index in [9.17, 15) is 8.78 Å². The molecular weight excluding hydrogens is 328 g/mol. The van der Waals surface area contributed by atoms with Crippen molar-refractivity contribution in [3.63, 3.8) is 0 Å². The quantitative estimate of drug-likeness (QED) is 0.856. The zero-order chi connectivity index (χ0) is 14.5. The summed E-state index contributed by atoms with van der Waals surface area (Å²) < 4.78 is 33.7. The molecule has 0 aliphatic heterocycles. The van der Waals surface area contributed by atoms with Gasteiger partial charge in [0.2, 0.25) is 0 Å². The maximum Gasteiger partial charge on any atom is 0.166 e. The molecule has 2 aromatic rings. The molecular formula is C15H14BrF2NO. The molecule has 20 heavy (non-hydrogen) atoms. The van der Waals surface area contributed by atoms with Gasteiger partial charge in [0.25, 0.3) is 0 Å². The van der Waals surface area contributed by atoms with Gasteiger partial charge in [0.05, 0.1) is 0 Å². The third kappa shape index (κ3) is 3.55. The lowest BCUT2D eigenvalue weighted by atomic mass is 10.2. The van der Waals surface area contributed by atoms with Crippen molar-refractivity contribution < 1.29 is 13.5 Å². The molecule has 106 valence electrons. The number of benzene rings is 2. The van der Waals surface area contributed by atoms with Crippen molar-refractivity contribution in [2.75, 3.05) is 6.54 Å². The molecule has 0 amide bonds. The van der Waals surface area contributed by atoms with Crippen LogP contribution in [0.5, 0.6) is 11.5 Å². The van der Waals surface area contributed by atoms with Gasteiger partial charge in [0.1, 0.15) is 11.6 Å². The summed E-state index contributed by atoms with van der Waals surface area (Å²) in [4.78, 5) is 0. The number of ether oxygens (including phenoxy) is 1. The number of halogens is 3. The number of hydrogen-bond acceptors (Lipinski definition) is 2. The van der Waals surface area contributed by atoms with Crippen LogP contribution in [0.3, 0.4) is 0 Å². The van der Waals surface area contributed by atoms with E-state index in [0.29, 0.717) is 28.9 Å². The molecule has 0 saturated heterocycles. The molecule has 5 heteroatoms. The molecule has 0 atom stereocenters. The fraction of sp³-hybridized carbons (Fsp3) is 0.200. The highest BCUT2D eigenvalue weighted by molar-refractivity contribution is 9.10. The second kappa shape index (κ2) is 6.81. The molecule has 1 N–H and O–H groups in total. The Morgan fingerprint density at radius 2 is 1.90 bits per heavy atom. The van der Waals surface area contributed by atoms with Crippen LogP contribution in [0.15, 0.2) is 40.9 Å². The summed E-state index contributed by atoms with van der Waals surface area (Å²) in [7, 11) is 0. The van der Waals surface area contributed by atoms with Crippen molar-refractivity contribution in [1.29, 1.82) is 0 Å². The average Bonchev–Trinajstić information content (AvgIpc) is 2.41. The Morgan fingerprint density at radius 3 is 2.60 bits per heavy atom. The Kier molecular flexibility index (Phi) is 5.09. The first-order valence-electron chi connectivity index (χ1n) is 6.23. The number of hydrogen-bond donors (Lipinski definition) is 1. The largest absolute Gasteiger partial charge is 0.454 e. The van der Waals surface area contributed by atoms with Gasteiger partial charge >= 0.3 is 0 Å². The first-order chi connectivity index (χ1) is 9.61. The first kappa shape index (κ1) is 14.9. The Bertz CT molecular complexity index is 604. The second-order valence-corrected chi connectivity index (χ2v) is 5.09. The van der Waals surface area contributed by atoms with E-state index < -0.39 is 5.82 Å². The summed E-state index contributed by atoms with van der Waals surface area (Å²) in [6, 6.07) is 8.99. The van der Waals surface area contributed by atoms with E-state index in [4.69, 9.17) is 4.74 Å². The molecule has 0 bridgehead atoms. The van der Waals surface area contributed by atoms with E-state index in [2.05, 4.69) is 21.2 Å². The third-order valence-electron chi connectivity index (χ3n) is 2.74. The van der Waals surface area contributed by atoms with Crippen molar-refractivity contribution in [1.82, 2.24) is 5.32 Å². The highest BCUT2D eigenvalue weighted by Gasteiger charge is 2.12. The molecule has 0 heterocycles. The van der Waals surface area contributed by atoms with Crippen LogP contribution in [0.2, 0.25) is 0 Å². The van der Waals surface area contributed by atoms with Gasteiger partial charge in [-0.15, -0.1) is 0 Å². The minimum Gasteiger partial charge on any atom is -0.454 e. The molecule has 0 aromatic heterocycles. The lowest BCUT2D eigenvalue weighted by Crippen LogP contribution is -2.13. The van der Waals surface area contributed by atoms with E-state index in [-0.39, 0.29) is 11.6 Å². The topological polar surface area (TPSA) is 21.3 Å². The van der Waals surface area contributed by atoms with Crippen LogP contribution in [-0.2, 0) is 6.54 Å². The Hall–Kier alpha value is -1.46. The fourth-order valence-corrected chi connectivity index (χ4v) is 2.07. The van der Waals surface area contributed by atoms with Gasteiger partial charge in [-0.3, -0.25) is 0 Å². The van der Waals surface area contributed by atoms with E-state index >= 15 is 0 Å². The predicted molar refractivity (Wildman–Crippen MR) is 78.0 cm³/mol. The molecule has 2 aromatic carbocycles. The van der Waals surface area contributed by atoms with Crippen molar-refractivity contribution in [2.24, 2.45) is 0 Å². The molecule has 2 rings (SSSR count). The molecule has 0 radical (unpaired) electrons. The van der Waals surface area contributed by atoms with Crippen LogP contribution >= 0.6 is 15.9 Å². The van der Waals surface area contributed by atoms with Crippen LogP contribution in [0.1, 0.15) is 12.5 Å². The minimum absolute atomic E-state index is 0.0662. The van der Waals surface area contributed by atoms with Gasteiger partial charge in [-0.2, -0.15) is 0 Å². The second-order valence-electron chi connectivity index (χ2n) is 4.17. The van der Waals surface area contributed by atoms with Crippen LogP contribution in [0, 0.1) is 11.6 Å². The molecule has 0 saturated carbocycles. The Balaban J connectivity index is 2.30. The lowest BCUT2D eigenvalue weighted by Gasteiger charge is -2.13. The average molecular weight is 342 g/mol. The summed E-state index contributed by atoms with van der Waals surface area (Å²) in [5.41, 5.74) is 0.386. The smallest absolute Gasteiger partial charge is 0.166 e. The van der Waals surface area contributed by atoms with E-state index in [1.54, 1.807) is 12.1 Å². The molecule has 2 nitrogen and oxygen atoms in total. The highest BCUT2D eigenvalue weighted by atomic mass is 79.9. The summed E-state index contributed by atoms with van der Waals surface area (Å²) in [5, 5.41) is 3.03. The Morgan fingerprint density at radius 1 is 1.10 bits per heavy atom. The zero-order valence-corrected chi connectivity index (χ0v) is 12.5. The standard InChI is InChI=1S/C15H14BrF2NO/c1-2-19-9-11-12(17)4-3-5-14(11)20-15-7-6-10(16)8-13(15)18/h3-8,19H,2,9H2,1H3. The lowest BCUT2D eigenvalue weighted by molar-refractivity contribution is 0.429. The summed E-state index contributed by atoms with van der Waals surface area (Å²) in [5.74, 6) is -0.497. The van der Waals surface area contributed by atoms with Gasteiger partial charge < -0.3 is 10.1 Å². The zero-order valence-electron chi connectivity index (χ0n) is 10.9. The van der Waals surface area contributed by atoms with Gasteiger partial charge in [-0.1, -0.05) is 28.9 Å². The maximum atomic E-state index is 13.8. The highest BCUT2D eigenvalue weighted by Crippen LogP contribution is 2.30. The van der Waals surface area contributed by atoms with Gasteiger partial charge in [-0.05, 0) is 36.9 Å². The molecule has 0 unspecified atom stereocenters. The Labute approximate surface area is 124 Å². The normalized spacial score (nSPS) is 10.6. The van der Waals surface area contributed by atoms with Gasteiger partial charge in [0.15, 0.2) is 11.6 Å². The SMILES string of the molecule is CCNCc1c(F)cccc1Oc1ccc(Br)cc1F. The van der Waals surface area contributed by atoms with E-state index in [1.165, 1.54) is 24.3 Å². The summed E-state index contributed by atoms with van der Waals surface area (Å²) >= 11 is 3.18. The first-order valence-corrected chi connectivity index (χ1v) is 7.02. The molecule has 0 spiro atoms. The van der Waals surface area contributed by atoms with E-state index in [0.717, 1.165) is 0 Å². The van der Waals surface area contributed by atoms with Crippen molar-refractivity contribution in [3.8, 4) is 11.5 Å². The van der Waals surface area contributed by atoms with Crippen LogP contribution in [0.4, 0.5) is 8.78 Å². The molecule has 0 aliphatic carbocycles. The van der Waals surface area contributed by atoms with Crippen molar-refractivity contribution in [3.05, 3.63) is 58.1 Å². The molecule has 0 fully saturated rings. The minimum atomic E-state index is -0.502. The predicted octanol–water partition coefficient (Wildman–Crippen LogP) is 4.63. The van der Waals surface area contributed by atoms with Crippen LogP contribution < -0.4 is 10.1 Å². The summed E-state index contributed by atoms with van der Waals surface area (Å²) in [6.45, 7) is 2.97. The van der Waals surface area contributed by atoms with Gasteiger partial charge in [-0.25, -0.2) is 8.78 Å². The van der Waals surface area contributed by atoms with E-state index in [1.807, 2.05) is 6.92 Å². The van der Waals surface area contributed by atoms with Crippen LogP contribution in [0.25, 0.3) is 0 Å². The fourth-order valence-electron chi connectivity index (χ4n) is 1.73. The monoisotopic (exact) mass is 341 g/mol.